The molecule has 1 aliphatic carbocycles. The van der Waals surface area contributed by atoms with Crippen molar-refractivity contribution < 1.29 is 14.3 Å². The number of ether oxygens (including phenoxy) is 1. The highest BCUT2D eigenvalue weighted by Gasteiger charge is 2.26. The Bertz CT molecular complexity index is 516. The summed E-state index contributed by atoms with van der Waals surface area (Å²) in [5.41, 5.74) is 12.6. The fourth-order valence-corrected chi connectivity index (χ4v) is 2.83. The maximum Gasteiger partial charge on any atom is 0.308 e. The van der Waals surface area contributed by atoms with Crippen molar-refractivity contribution in [3.05, 3.63) is 35.7 Å². The second-order valence-electron chi connectivity index (χ2n) is 6.06. The largest absolute Gasteiger partial charge is 0.469 e. The van der Waals surface area contributed by atoms with Gasteiger partial charge in [-0.15, -0.1) is 0 Å². The first kappa shape index (κ1) is 19.8. The minimum atomic E-state index is -0.126. The maximum absolute atomic E-state index is 12.1. The van der Waals surface area contributed by atoms with Crippen molar-refractivity contribution in [2.45, 2.75) is 39.0 Å². The number of carbonyl (C=O) groups is 2. The summed E-state index contributed by atoms with van der Waals surface area (Å²) in [4.78, 5) is 23.6. The van der Waals surface area contributed by atoms with Gasteiger partial charge in [0.25, 0.3) is 0 Å². The molecular weight excluding hydrogens is 306 g/mol. The Balaban J connectivity index is 2.38. The summed E-state index contributed by atoms with van der Waals surface area (Å²) in [6.07, 6.45) is 10.4. The molecule has 0 radical (unpaired) electrons. The predicted octanol–water partition coefficient (Wildman–Crippen LogP) is 1.73. The highest BCUT2D eigenvalue weighted by Crippen LogP contribution is 2.29. The van der Waals surface area contributed by atoms with Crippen molar-refractivity contribution in [1.82, 2.24) is 5.32 Å². The third-order valence-corrected chi connectivity index (χ3v) is 4.36. The average molecular weight is 335 g/mol. The van der Waals surface area contributed by atoms with Gasteiger partial charge in [-0.25, -0.2) is 0 Å². The number of rotatable bonds is 7. The Hall–Kier alpha value is -2.24. The van der Waals surface area contributed by atoms with Crippen LogP contribution in [0.4, 0.5) is 0 Å². The molecule has 0 heterocycles. The first-order valence-corrected chi connectivity index (χ1v) is 8.35. The molecule has 6 heteroatoms. The zero-order chi connectivity index (χ0) is 17.9. The molecule has 0 saturated heterocycles. The number of methoxy groups -OCH3 is 1. The molecule has 0 aromatic rings. The van der Waals surface area contributed by atoms with Gasteiger partial charge < -0.3 is 21.5 Å². The van der Waals surface area contributed by atoms with Crippen LogP contribution in [0, 0.1) is 11.8 Å². The third-order valence-electron chi connectivity index (χ3n) is 4.36. The van der Waals surface area contributed by atoms with Gasteiger partial charge in [0.1, 0.15) is 0 Å². The lowest BCUT2D eigenvalue weighted by Gasteiger charge is -2.27. The predicted molar refractivity (Wildman–Crippen MR) is 94.4 cm³/mol. The number of hydrogen-bond acceptors (Lipinski definition) is 5. The summed E-state index contributed by atoms with van der Waals surface area (Å²) < 4.78 is 4.78. The first-order valence-electron chi connectivity index (χ1n) is 8.35. The van der Waals surface area contributed by atoms with Crippen LogP contribution in [0.2, 0.25) is 0 Å². The van der Waals surface area contributed by atoms with Gasteiger partial charge in [0.2, 0.25) is 5.91 Å². The van der Waals surface area contributed by atoms with Gasteiger partial charge in [-0.2, -0.15) is 0 Å². The quantitative estimate of drug-likeness (QED) is 0.485. The van der Waals surface area contributed by atoms with Crippen molar-refractivity contribution in [2.24, 2.45) is 23.3 Å². The minimum absolute atomic E-state index is 0.00489. The molecule has 0 unspecified atom stereocenters. The van der Waals surface area contributed by atoms with E-state index in [1.165, 1.54) is 13.3 Å². The van der Waals surface area contributed by atoms with Crippen LogP contribution in [0.1, 0.15) is 39.0 Å². The van der Waals surface area contributed by atoms with Gasteiger partial charge in [-0.05, 0) is 56.4 Å². The van der Waals surface area contributed by atoms with E-state index in [1.54, 1.807) is 12.2 Å². The molecule has 0 spiro atoms. The Labute approximate surface area is 144 Å². The molecule has 0 bridgehead atoms. The molecule has 5 N–H and O–H groups in total. The van der Waals surface area contributed by atoms with Crippen molar-refractivity contribution in [3.8, 4) is 0 Å². The normalized spacial score (nSPS) is 22.4. The number of nitrogens with two attached hydrogens (primary N) is 2. The molecule has 0 atom stereocenters. The van der Waals surface area contributed by atoms with Crippen molar-refractivity contribution in [3.63, 3.8) is 0 Å². The van der Waals surface area contributed by atoms with E-state index in [-0.39, 0.29) is 24.2 Å². The van der Waals surface area contributed by atoms with Crippen LogP contribution in [0.25, 0.3) is 0 Å². The fraction of sp³-hybridized carbons (Fsp3) is 0.556. The smallest absolute Gasteiger partial charge is 0.308 e. The van der Waals surface area contributed by atoms with Crippen LogP contribution < -0.4 is 16.8 Å². The summed E-state index contributed by atoms with van der Waals surface area (Å²) in [7, 11) is 1.42. The zero-order valence-corrected chi connectivity index (χ0v) is 14.6. The number of hydrogen-bond donors (Lipinski definition) is 3. The van der Waals surface area contributed by atoms with Gasteiger partial charge in [-0.1, -0.05) is 12.2 Å². The van der Waals surface area contributed by atoms with Crippen LogP contribution in [0.5, 0.6) is 0 Å². The Kier molecular flexibility index (Phi) is 8.68. The molecule has 1 aliphatic rings. The zero-order valence-electron chi connectivity index (χ0n) is 14.6. The first-order chi connectivity index (χ1) is 11.5. The van der Waals surface area contributed by atoms with E-state index in [4.69, 9.17) is 16.2 Å². The molecule has 1 fully saturated rings. The summed E-state index contributed by atoms with van der Waals surface area (Å²) in [5.74, 6) is 0.179. The summed E-state index contributed by atoms with van der Waals surface area (Å²) in [6, 6.07) is 0. The van der Waals surface area contributed by atoms with Crippen LogP contribution in [0.15, 0.2) is 35.7 Å². The van der Waals surface area contributed by atoms with Gasteiger partial charge in [0.05, 0.1) is 19.4 Å². The molecule has 134 valence electrons. The van der Waals surface area contributed by atoms with Gasteiger partial charge in [0.15, 0.2) is 0 Å². The Morgan fingerprint density at radius 1 is 1.25 bits per heavy atom. The van der Waals surface area contributed by atoms with Gasteiger partial charge in [0, 0.05) is 12.2 Å². The minimum Gasteiger partial charge on any atom is -0.469 e. The molecule has 1 rings (SSSR count). The lowest BCUT2D eigenvalue weighted by atomic mass is 9.82. The third kappa shape index (κ3) is 6.48. The van der Waals surface area contributed by atoms with Crippen LogP contribution in [-0.4, -0.2) is 25.5 Å². The van der Waals surface area contributed by atoms with Crippen LogP contribution in [-0.2, 0) is 14.3 Å². The van der Waals surface area contributed by atoms with Gasteiger partial charge >= 0.3 is 5.97 Å². The molecule has 0 aliphatic heterocycles. The second kappa shape index (κ2) is 10.5. The molecule has 6 nitrogen and oxygen atoms in total. The van der Waals surface area contributed by atoms with Crippen molar-refractivity contribution >= 4 is 11.9 Å². The summed E-state index contributed by atoms with van der Waals surface area (Å²) in [6.45, 7) is 2.50. The van der Waals surface area contributed by atoms with E-state index in [0.717, 1.165) is 25.7 Å². The monoisotopic (exact) mass is 335 g/mol. The molecule has 0 aromatic carbocycles. The van der Waals surface area contributed by atoms with E-state index in [9.17, 15) is 9.59 Å². The number of allylic oxidation sites excluding steroid dienone is 4. The highest BCUT2D eigenvalue weighted by atomic mass is 16.5. The fourth-order valence-electron chi connectivity index (χ4n) is 2.83. The van der Waals surface area contributed by atoms with E-state index in [0.29, 0.717) is 23.7 Å². The van der Waals surface area contributed by atoms with Crippen LogP contribution in [0.3, 0.4) is 0 Å². The summed E-state index contributed by atoms with van der Waals surface area (Å²) in [5, 5.41) is 2.93. The van der Waals surface area contributed by atoms with Gasteiger partial charge in [-0.3, -0.25) is 9.59 Å². The SMILES string of the molecule is C/C=C/C=C(N)\C(=C/N)CC(=O)NCC1CCC(C(=O)OC)CC1. The molecule has 1 saturated carbocycles. The Morgan fingerprint density at radius 3 is 2.46 bits per heavy atom. The lowest BCUT2D eigenvalue weighted by Crippen LogP contribution is -2.33. The average Bonchev–Trinajstić information content (AvgIpc) is 2.62. The number of carbonyl (C=O) groups excluding carboxylic acids is 2. The van der Waals surface area contributed by atoms with Crippen molar-refractivity contribution in [1.29, 1.82) is 0 Å². The molecule has 1 amide bonds. The van der Waals surface area contributed by atoms with E-state index in [2.05, 4.69) is 5.32 Å². The lowest BCUT2D eigenvalue weighted by molar-refractivity contribution is -0.146. The molecular formula is C18H29N3O3. The summed E-state index contributed by atoms with van der Waals surface area (Å²) >= 11 is 0. The van der Waals surface area contributed by atoms with E-state index in [1.807, 2.05) is 13.0 Å². The maximum atomic E-state index is 12.1. The van der Waals surface area contributed by atoms with Crippen LogP contribution >= 0.6 is 0 Å². The van der Waals surface area contributed by atoms with Crippen molar-refractivity contribution in [2.75, 3.05) is 13.7 Å². The number of amides is 1. The molecule has 0 aromatic heterocycles. The Morgan fingerprint density at radius 2 is 1.92 bits per heavy atom. The van der Waals surface area contributed by atoms with E-state index >= 15 is 0 Å². The second-order valence-corrected chi connectivity index (χ2v) is 6.06. The highest BCUT2D eigenvalue weighted by molar-refractivity contribution is 5.79. The molecule has 24 heavy (non-hydrogen) atoms. The number of nitrogens with one attached hydrogen (secondary N) is 1. The topological polar surface area (TPSA) is 107 Å². The number of esters is 1. The van der Waals surface area contributed by atoms with E-state index < -0.39 is 0 Å². The standard InChI is InChI=1S/C18H29N3O3/c1-3-4-5-16(20)15(11-19)10-17(22)21-12-13-6-8-14(9-7-13)18(23)24-2/h3-5,11,13-14H,6-10,12,19-20H2,1-2H3,(H,21,22)/b4-3+,15-11-,16-5+.